The third kappa shape index (κ3) is 5.05. The minimum absolute atomic E-state index is 0.00264. The monoisotopic (exact) mass is 548 g/mol. The van der Waals surface area contributed by atoms with Crippen molar-refractivity contribution in [3.63, 3.8) is 0 Å². The number of hydrogen-bond acceptors (Lipinski definition) is 4. The zero-order chi connectivity index (χ0) is 27.8. The first kappa shape index (κ1) is 27.7. The van der Waals surface area contributed by atoms with E-state index >= 15 is 4.39 Å². The Morgan fingerprint density at radius 2 is 1.89 bits per heavy atom. The van der Waals surface area contributed by atoms with E-state index in [4.69, 9.17) is 11.2 Å². The molecule has 0 saturated heterocycles. The molecule has 38 heavy (non-hydrogen) atoms. The average Bonchev–Trinajstić information content (AvgIpc) is 3.26. The first-order valence-corrected chi connectivity index (χ1v) is 12.7. The number of rotatable bonds is 7. The van der Waals surface area contributed by atoms with Crippen molar-refractivity contribution in [3.8, 4) is 29.2 Å². The summed E-state index contributed by atoms with van der Waals surface area (Å²) in [6, 6.07) is 6.79. The molecule has 1 aromatic heterocycles. The SMILES string of the molecule is C#CCN(C)CC1CSc2c(Cc3c(F)cccc3C(F)(F)F)c(C)c(-c3cccc(OC)c3F)c(=O)n21. The number of pyridine rings is 1. The summed E-state index contributed by atoms with van der Waals surface area (Å²) in [6.45, 7) is 2.27. The molecule has 0 N–H and O–H groups in total. The molecule has 0 radical (unpaired) electrons. The van der Waals surface area contributed by atoms with Gasteiger partial charge in [-0.05, 0) is 43.3 Å². The quantitative estimate of drug-likeness (QED) is 0.271. The fourth-order valence-electron chi connectivity index (χ4n) is 4.85. The van der Waals surface area contributed by atoms with Crippen LogP contribution < -0.4 is 10.3 Å². The maximum atomic E-state index is 15.4. The van der Waals surface area contributed by atoms with Crippen molar-refractivity contribution in [1.29, 1.82) is 0 Å². The maximum Gasteiger partial charge on any atom is 0.416 e. The van der Waals surface area contributed by atoms with Gasteiger partial charge in [-0.2, -0.15) is 13.2 Å². The van der Waals surface area contributed by atoms with Crippen LogP contribution in [0.4, 0.5) is 22.0 Å². The number of thioether (sulfide) groups is 1. The molecule has 0 amide bonds. The standard InChI is InChI=1S/C28H25F5N2O2S/c1-5-12-34(3)14-17-15-38-27-19(13-20-21(28(31,32)33)9-7-10-22(20)29)16(2)24(26(36)35(17)27)18-8-6-11-23(37-4)25(18)30/h1,6-11,17H,12-15H2,2-4H3. The summed E-state index contributed by atoms with van der Waals surface area (Å²) in [7, 11) is 3.08. The van der Waals surface area contributed by atoms with Crippen LogP contribution in [0.3, 0.4) is 0 Å². The highest BCUT2D eigenvalue weighted by Gasteiger charge is 2.37. The molecule has 0 spiro atoms. The van der Waals surface area contributed by atoms with Crippen LogP contribution in [0.2, 0.25) is 0 Å². The molecular formula is C28H25F5N2O2S. The van der Waals surface area contributed by atoms with Crippen molar-refractivity contribution in [3.05, 3.63) is 80.6 Å². The number of ether oxygens (including phenoxy) is 1. The highest BCUT2D eigenvalue weighted by atomic mass is 32.2. The topological polar surface area (TPSA) is 34.5 Å². The summed E-state index contributed by atoms with van der Waals surface area (Å²) in [6.07, 6.45) is 0.208. The first-order valence-electron chi connectivity index (χ1n) is 11.7. The predicted octanol–water partition coefficient (Wildman–Crippen LogP) is 5.93. The van der Waals surface area contributed by atoms with Crippen LogP contribution in [-0.2, 0) is 12.6 Å². The molecule has 0 aliphatic carbocycles. The summed E-state index contributed by atoms with van der Waals surface area (Å²) in [5.74, 6) is 1.13. The van der Waals surface area contributed by atoms with Gasteiger partial charge in [-0.3, -0.25) is 14.3 Å². The van der Waals surface area contributed by atoms with E-state index in [0.717, 1.165) is 18.2 Å². The van der Waals surface area contributed by atoms with Gasteiger partial charge >= 0.3 is 6.18 Å². The number of fused-ring (bicyclic) bond motifs is 1. The third-order valence-electron chi connectivity index (χ3n) is 6.63. The molecule has 2 heterocycles. The molecule has 10 heteroatoms. The molecule has 0 bridgehead atoms. The lowest BCUT2D eigenvalue weighted by Crippen LogP contribution is -2.34. The van der Waals surface area contributed by atoms with Gasteiger partial charge in [0, 0.05) is 29.8 Å². The normalized spacial score (nSPS) is 15.0. The van der Waals surface area contributed by atoms with E-state index in [0.29, 0.717) is 29.4 Å². The number of likely N-dealkylation sites (N-methyl/N-ethyl adjacent to an activating group) is 1. The molecule has 1 aliphatic rings. The van der Waals surface area contributed by atoms with Crippen LogP contribution in [0.1, 0.15) is 28.3 Å². The van der Waals surface area contributed by atoms with Crippen LogP contribution in [0.15, 0.2) is 46.2 Å². The minimum atomic E-state index is -4.78. The Morgan fingerprint density at radius 1 is 1.18 bits per heavy atom. The Labute approximate surface area is 221 Å². The summed E-state index contributed by atoms with van der Waals surface area (Å²) in [4.78, 5) is 15.8. The minimum Gasteiger partial charge on any atom is -0.494 e. The van der Waals surface area contributed by atoms with Crippen LogP contribution >= 0.6 is 11.8 Å². The van der Waals surface area contributed by atoms with E-state index in [-0.39, 0.29) is 28.5 Å². The zero-order valence-electron chi connectivity index (χ0n) is 21.0. The van der Waals surface area contributed by atoms with Crippen LogP contribution in [0.25, 0.3) is 11.1 Å². The predicted molar refractivity (Wildman–Crippen MR) is 138 cm³/mol. The molecule has 3 aromatic rings. The molecular weight excluding hydrogens is 523 g/mol. The molecule has 0 fully saturated rings. The largest absolute Gasteiger partial charge is 0.494 e. The highest BCUT2D eigenvalue weighted by molar-refractivity contribution is 7.99. The molecule has 200 valence electrons. The van der Waals surface area contributed by atoms with Gasteiger partial charge in [0.05, 0.1) is 35.8 Å². The Hall–Kier alpha value is -3.29. The molecule has 2 aromatic carbocycles. The van der Waals surface area contributed by atoms with Crippen LogP contribution in [-0.4, -0.2) is 42.5 Å². The van der Waals surface area contributed by atoms with E-state index in [1.807, 2.05) is 4.90 Å². The Balaban J connectivity index is 2.00. The number of hydrogen-bond donors (Lipinski definition) is 0. The highest BCUT2D eigenvalue weighted by Crippen LogP contribution is 2.42. The Kier molecular flexibility index (Phi) is 7.90. The second-order valence-corrected chi connectivity index (χ2v) is 10.1. The number of halogens is 5. The third-order valence-corrected chi connectivity index (χ3v) is 7.90. The van der Waals surface area contributed by atoms with Crippen molar-refractivity contribution in [2.45, 2.75) is 30.6 Å². The lowest BCUT2D eigenvalue weighted by atomic mass is 9.92. The fourth-order valence-corrected chi connectivity index (χ4v) is 6.23. The number of terminal acetylenes is 1. The van der Waals surface area contributed by atoms with E-state index in [2.05, 4.69) is 5.92 Å². The van der Waals surface area contributed by atoms with E-state index < -0.39 is 40.9 Å². The summed E-state index contributed by atoms with van der Waals surface area (Å²) in [5.41, 5.74) is -1.53. The maximum absolute atomic E-state index is 15.4. The first-order chi connectivity index (χ1) is 18.0. The summed E-state index contributed by atoms with van der Waals surface area (Å²) in [5, 5.41) is 0.440. The number of aromatic nitrogens is 1. The van der Waals surface area contributed by atoms with E-state index in [1.165, 1.54) is 41.6 Å². The van der Waals surface area contributed by atoms with Crippen LogP contribution in [0, 0.1) is 30.9 Å². The van der Waals surface area contributed by atoms with Crippen molar-refractivity contribution in [1.82, 2.24) is 9.47 Å². The van der Waals surface area contributed by atoms with Gasteiger partial charge in [-0.15, -0.1) is 18.2 Å². The van der Waals surface area contributed by atoms with Gasteiger partial charge in [0.2, 0.25) is 0 Å². The number of alkyl halides is 3. The molecule has 1 aliphatic heterocycles. The van der Waals surface area contributed by atoms with Crippen molar-refractivity contribution in [2.24, 2.45) is 0 Å². The summed E-state index contributed by atoms with van der Waals surface area (Å²) >= 11 is 1.31. The van der Waals surface area contributed by atoms with Crippen molar-refractivity contribution < 1.29 is 26.7 Å². The molecule has 0 saturated carbocycles. The number of benzene rings is 2. The number of methoxy groups -OCH3 is 1. The lowest BCUT2D eigenvalue weighted by Gasteiger charge is -2.24. The van der Waals surface area contributed by atoms with Crippen molar-refractivity contribution in [2.75, 3.05) is 33.0 Å². The Morgan fingerprint density at radius 3 is 2.55 bits per heavy atom. The van der Waals surface area contributed by atoms with Gasteiger partial charge in [0.25, 0.3) is 5.56 Å². The van der Waals surface area contributed by atoms with Crippen molar-refractivity contribution >= 4 is 11.8 Å². The molecule has 4 rings (SSSR count). The fraction of sp³-hybridized carbons (Fsp3) is 0.321. The average molecular weight is 549 g/mol. The van der Waals surface area contributed by atoms with Gasteiger partial charge in [-0.1, -0.05) is 24.1 Å². The second-order valence-electron chi connectivity index (χ2n) is 9.09. The smallest absolute Gasteiger partial charge is 0.416 e. The van der Waals surface area contributed by atoms with E-state index in [1.54, 1.807) is 14.0 Å². The number of nitrogens with zero attached hydrogens (tertiary/aromatic N) is 2. The second kappa shape index (κ2) is 10.8. The van der Waals surface area contributed by atoms with Gasteiger partial charge in [-0.25, -0.2) is 8.78 Å². The zero-order valence-corrected chi connectivity index (χ0v) is 21.8. The van der Waals surface area contributed by atoms with Gasteiger partial charge in [0.1, 0.15) is 5.82 Å². The summed E-state index contributed by atoms with van der Waals surface area (Å²) < 4.78 is 78.3. The van der Waals surface area contributed by atoms with Gasteiger partial charge < -0.3 is 4.74 Å². The molecule has 1 atom stereocenters. The van der Waals surface area contributed by atoms with E-state index in [9.17, 15) is 22.4 Å². The lowest BCUT2D eigenvalue weighted by molar-refractivity contribution is -0.138. The Bertz CT molecular complexity index is 1480. The molecule has 4 nitrogen and oxygen atoms in total. The van der Waals surface area contributed by atoms with Gasteiger partial charge in [0.15, 0.2) is 11.6 Å². The molecule has 1 unspecified atom stereocenters. The van der Waals surface area contributed by atoms with Crippen LogP contribution in [0.5, 0.6) is 5.75 Å².